The number of aromatic hydroxyl groups is 1. The quantitative estimate of drug-likeness (QED) is 0.272. The molecule has 0 atom stereocenters. The Labute approximate surface area is 233 Å². The van der Waals surface area contributed by atoms with Crippen molar-refractivity contribution >= 4 is 9.84 Å². The maximum Gasteiger partial charge on any atom is 0.296 e. The molecule has 0 unspecified atom stereocenters. The van der Waals surface area contributed by atoms with Crippen LogP contribution in [0.3, 0.4) is 0 Å². The van der Waals surface area contributed by atoms with Crippen molar-refractivity contribution in [3.63, 3.8) is 0 Å². The molecule has 0 amide bonds. The summed E-state index contributed by atoms with van der Waals surface area (Å²) in [5.41, 5.74) is 1.82. The Hall–Kier alpha value is -4.15. The van der Waals surface area contributed by atoms with Crippen LogP contribution in [-0.4, -0.2) is 44.4 Å². The van der Waals surface area contributed by atoms with Gasteiger partial charge in [-0.1, -0.05) is 55.8 Å². The van der Waals surface area contributed by atoms with E-state index in [0.29, 0.717) is 30.9 Å². The summed E-state index contributed by atoms with van der Waals surface area (Å²) in [7, 11) is 0.0172. The van der Waals surface area contributed by atoms with Crippen LogP contribution in [0.2, 0.25) is 0 Å². The van der Waals surface area contributed by atoms with Gasteiger partial charge in [-0.25, -0.2) is 8.42 Å². The minimum Gasteiger partial charge on any atom is -0.494 e. The molecule has 4 rings (SSSR count). The number of aryl methyl sites for hydroxylation is 1. The maximum absolute atomic E-state index is 13.8. The third-order valence-electron chi connectivity index (χ3n) is 6.54. The molecule has 1 heterocycles. The molecule has 0 radical (unpaired) electrons. The van der Waals surface area contributed by atoms with Crippen LogP contribution in [0, 0.1) is 0 Å². The summed E-state index contributed by atoms with van der Waals surface area (Å²) in [4.78, 5) is 16.3. The lowest BCUT2D eigenvalue weighted by Crippen LogP contribution is -2.25. The molecule has 40 heavy (non-hydrogen) atoms. The van der Waals surface area contributed by atoms with Crippen LogP contribution in [0.5, 0.6) is 17.4 Å². The number of sulfone groups is 1. The summed E-state index contributed by atoms with van der Waals surface area (Å²) in [5, 5.41) is 11.5. The highest BCUT2D eigenvalue weighted by atomic mass is 32.2. The fraction of sp³-hybridized carbons (Fsp3) is 0.267. The molecule has 0 bridgehead atoms. The van der Waals surface area contributed by atoms with E-state index < -0.39 is 26.2 Å². The van der Waals surface area contributed by atoms with Crippen LogP contribution < -0.4 is 15.0 Å². The lowest BCUT2D eigenvalue weighted by Gasteiger charge is -2.21. The molecular formula is C30H32N2O7S. The average Bonchev–Trinajstić information content (AvgIpc) is 2.96. The topological polar surface area (TPSA) is 117 Å². The van der Waals surface area contributed by atoms with Gasteiger partial charge >= 0.3 is 0 Å². The largest absolute Gasteiger partial charge is 0.494 e. The second-order valence-corrected chi connectivity index (χ2v) is 10.9. The first-order chi connectivity index (χ1) is 19.3. The zero-order valence-corrected chi connectivity index (χ0v) is 23.7. The molecule has 0 saturated carbocycles. The number of hydrogen-bond acceptors (Lipinski definition) is 8. The third kappa shape index (κ3) is 5.45. The van der Waals surface area contributed by atoms with Crippen LogP contribution in [0.25, 0.3) is 16.8 Å². The zero-order chi connectivity index (χ0) is 28.9. The van der Waals surface area contributed by atoms with Gasteiger partial charge in [-0.2, -0.15) is 4.98 Å². The molecular weight excluding hydrogens is 532 g/mol. The summed E-state index contributed by atoms with van der Waals surface area (Å²) in [6.45, 7) is 2.37. The number of aromatic nitrogens is 2. The van der Waals surface area contributed by atoms with Crippen molar-refractivity contribution in [3.8, 4) is 34.2 Å². The minimum absolute atomic E-state index is 0.158. The van der Waals surface area contributed by atoms with Gasteiger partial charge in [0.15, 0.2) is 4.90 Å². The molecule has 0 aliphatic rings. The third-order valence-corrected chi connectivity index (χ3v) is 8.33. The van der Waals surface area contributed by atoms with Crippen LogP contribution in [0.4, 0.5) is 0 Å². The predicted molar refractivity (Wildman–Crippen MR) is 151 cm³/mol. The van der Waals surface area contributed by atoms with Gasteiger partial charge in [0, 0.05) is 13.5 Å². The van der Waals surface area contributed by atoms with E-state index >= 15 is 0 Å². The molecule has 0 saturated heterocycles. The van der Waals surface area contributed by atoms with E-state index in [1.165, 1.54) is 30.9 Å². The highest BCUT2D eigenvalue weighted by molar-refractivity contribution is 7.91. The number of rotatable bonds is 11. The van der Waals surface area contributed by atoms with Crippen molar-refractivity contribution in [2.75, 3.05) is 21.3 Å². The average molecular weight is 565 g/mol. The van der Waals surface area contributed by atoms with Gasteiger partial charge in [-0.05, 0) is 47.4 Å². The van der Waals surface area contributed by atoms with Crippen LogP contribution in [0.1, 0.15) is 31.2 Å². The van der Waals surface area contributed by atoms with E-state index in [1.807, 2.05) is 31.2 Å². The lowest BCUT2D eigenvalue weighted by atomic mass is 10.0. The zero-order valence-electron chi connectivity index (χ0n) is 22.9. The van der Waals surface area contributed by atoms with Crippen molar-refractivity contribution in [1.29, 1.82) is 0 Å². The first-order valence-corrected chi connectivity index (χ1v) is 14.2. The van der Waals surface area contributed by atoms with Gasteiger partial charge in [0.1, 0.15) is 23.0 Å². The summed E-state index contributed by atoms with van der Waals surface area (Å²) < 4.78 is 45.1. The van der Waals surface area contributed by atoms with Crippen molar-refractivity contribution in [3.05, 3.63) is 88.5 Å². The summed E-state index contributed by atoms with van der Waals surface area (Å²) in [6.07, 6.45) is 1.76. The minimum atomic E-state index is -4.48. The van der Waals surface area contributed by atoms with Gasteiger partial charge in [-0.3, -0.25) is 9.36 Å². The standard InChI is InChI=1S/C30H32N2O7S/c1-5-6-14-26-31-29(33)28(30(34)32(26)27-24(38-3)12-9-13-25(27)39-4)40(35,36)22-17-15-20(16-18-22)23-11-8-7-10-21(23)19-37-2/h7-13,15-18,34H,5-6,14,19H2,1-4H3. The normalized spacial score (nSPS) is 11.4. The number of methoxy groups -OCH3 is 3. The summed E-state index contributed by atoms with van der Waals surface area (Å²) >= 11 is 0. The number of ether oxygens (including phenoxy) is 3. The highest BCUT2D eigenvalue weighted by Crippen LogP contribution is 2.38. The molecule has 0 fully saturated rings. The highest BCUT2D eigenvalue weighted by Gasteiger charge is 2.31. The number of nitrogens with zero attached hydrogens (tertiary/aromatic N) is 2. The van der Waals surface area contributed by atoms with Crippen LogP contribution in [0.15, 0.2) is 81.3 Å². The Balaban J connectivity index is 1.90. The van der Waals surface area contributed by atoms with Crippen LogP contribution in [-0.2, 0) is 27.6 Å². The second-order valence-electron chi connectivity index (χ2n) is 9.05. The van der Waals surface area contributed by atoms with Gasteiger partial charge in [-0.15, -0.1) is 0 Å². The maximum atomic E-state index is 13.8. The second kappa shape index (κ2) is 12.4. The molecule has 9 nitrogen and oxygen atoms in total. The van der Waals surface area contributed by atoms with E-state index in [1.54, 1.807) is 37.4 Å². The Bertz CT molecular complexity index is 1640. The number of unbranched alkanes of at least 4 members (excludes halogenated alkanes) is 1. The fourth-order valence-corrected chi connectivity index (χ4v) is 5.91. The summed E-state index contributed by atoms with van der Waals surface area (Å²) in [5.74, 6) is 0.0418. The Morgan fingerprint density at radius 1 is 0.900 bits per heavy atom. The van der Waals surface area contributed by atoms with E-state index in [-0.39, 0.29) is 16.4 Å². The van der Waals surface area contributed by atoms with Gasteiger partial charge in [0.2, 0.25) is 15.7 Å². The Kier molecular flexibility index (Phi) is 8.91. The van der Waals surface area contributed by atoms with Crippen molar-refractivity contribution in [2.45, 2.75) is 42.6 Å². The van der Waals surface area contributed by atoms with Crippen LogP contribution >= 0.6 is 0 Å². The Morgan fingerprint density at radius 3 is 2.15 bits per heavy atom. The molecule has 210 valence electrons. The first kappa shape index (κ1) is 28.8. The Morgan fingerprint density at radius 2 is 1.55 bits per heavy atom. The number of para-hydroxylation sites is 1. The van der Waals surface area contributed by atoms with Crippen molar-refractivity contribution < 1.29 is 27.7 Å². The van der Waals surface area contributed by atoms with Crippen molar-refractivity contribution in [1.82, 2.24) is 9.55 Å². The fourth-order valence-electron chi connectivity index (χ4n) is 4.58. The van der Waals surface area contributed by atoms with Gasteiger partial charge in [0.25, 0.3) is 5.56 Å². The smallest absolute Gasteiger partial charge is 0.296 e. The molecule has 1 aromatic heterocycles. The molecule has 4 aromatic rings. The van der Waals surface area contributed by atoms with Gasteiger partial charge in [0.05, 0.1) is 25.7 Å². The van der Waals surface area contributed by atoms with E-state index in [0.717, 1.165) is 23.1 Å². The monoisotopic (exact) mass is 564 g/mol. The van der Waals surface area contributed by atoms with E-state index in [2.05, 4.69) is 4.98 Å². The SMILES string of the molecule is CCCCc1nc(=O)c(S(=O)(=O)c2ccc(-c3ccccc3COC)cc2)c(O)n1-c1c(OC)cccc1OC. The number of benzene rings is 3. The molecule has 3 aromatic carbocycles. The van der Waals surface area contributed by atoms with Gasteiger partial charge < -0.3 is 19.3 Å². The van der Waals surface area contributed by atoms with Crippen molar-refractivity contribution in [2.24, 2.45) is 0 Å². The molecule has 1 N–H and O–H groups in total. The molecule has 0 spiro atoms. The van der Waals surface area contributed by atoms with E-state index in [9.17, 15) is 18.3 Å². The molecule has 10 heteroatoms. The summed E-state index contributed by atoms with van der Waals surface area (Å²) in [6, 6.07) is 18.8. The first-order valence-electron chi connectivity index (χ1n) is 12.8. The number of hydrogen-bond donors (Lipinski definition) is 1. The molecule has 0 aliphatic heterocycles. The van der Waals surface area contributed by atoms with E-state index in [4.69, 9.17) is 14.2 Å². The molecule has 0 aliphatic carbocycles. The lowest BCUT2D eigenvalue weighted by molar-refractivity contribution is 0.185. The predicted octanol–water partition coefficient (Wildman–Crippen LogP) is 4.94.